The summed E-state index contributed by atoms with van der Waals surface area (Å²) in [6.45, 7) is 2.06. The van der Waals surface area contributed by atoms with E-state index in [4.69, 9.17) is 21.4 Å². The Bertz CT molecular complexity index is 605. The van der Waals surface area contributed by atoms with Crippen LogP contribution in [0.5, 0.6) is 0 Å². The Labute approximate surface area is 124 Å². The minimum Gasteiger partial charge on any atom is -0.384 e. The normalized spacial score (nSPS) is 10.8. The Kier molecular flexibility index (Phi) is 6.82. The molecule has 0 atom stereocenters. The van der Waals surface area contributed by atoms with Crippen LogP contribution in [-0.4, -0.2) is 39.1 Å². The highest BCUT2D eigenvalue weighted by molar-refractivity contribution is 7.92. The molecule has 0 saturated heterocycles. The van der Waals surface area contributed by atoms with E-state index < -0.39 is 10.0 Å². The van der Waals surface area contributed by atoms with Crippen LogP contribution in [-0.2, 0) is 14.8 Å². The average molecular weight is 318 g/mol. The second-order valence-corrected chi connectivity index (χ2v) is 6.05. The number of hydrogen-bond donors (Lipinski definition) is 2. The van der Waals surface area contributed by atoms with Crippen molar-refractivity contribution >= 4 is 27.3 Å². The molecule has 5 nitrogen and oxygen atoms in total. The summed E-state index contributed by atoms with van der Waals surface area (Å²) in [6, 6.07) is 4.62. The molecule has 0 aliphatic carbocycles. The molecule has 0 fully saturated rings. The molecule has 0 spiro atoms. The second kappa shape index (κ2) is 8.12. The first-order valence-electron chi connectivity index (χ1n) is 5.96. The van der Waals surface area contributed by atoms with Gasteiger partial charge in [0.25, 0.3) is 0 Å². The monoisotopic (exact) mass is 317 g/mol. The van der Waals surface area contributed by atoms with E-state index in [1.54, 1.807) is 13.0 Å². The molecular formula is C13H16ClNO4S. The van der Waals surface area contributed by atoms with Gasteiger partial charge in [-0.3, -0.25) is 4.72 Å². The van der Waals surface area contributed by atoms with Gasteiger partial charge in [-0.2, -0.15) is 0 Å². The lowest BCUT2D eigenvalue weighted by Gasteiger charge is -2.10. The predicted octanol–water partition coefficient (Wildman–Crippen LogP) is 1.46. The summed E-state index contributed by atoms with van der Waals surface area (Å²) in [4.78, 5) is 0. The number of sulfonamides is 1. The number of aliphatic hydroxyl groups excluding tert-OH is 1. The van der Waals surface area contributed by atoms with Gasteiger partial charge < -0.3 is 9.84 Å². The quantitative estimate of drug-likeness (QED) is 0.615. The van der Waals surface area contributed by atoms with Crippen LogP contribution >= 0.6 is 11.6 Å². The van der Waals surface area contributed by atoms with Crippen molar-refractivity contribution in [2.45, 2.75) is 6.92 Å². The number of benzene rings is 1. The highest BCUT2D eigenvalue weighted by atomic mass is 35.5. The Balaban J connectivity index is 2.91. The van der Waals surface area contributed by atoms with Crippen LogP contribution in [0.15, 0.2) is 18.2 Å². The Morgan fingerprint density at radius 2 is 2.20 bits per heavy atom. The molecule has 0 aliphatic rings. The highest BCUT2D eigenvalue weighted by Crippen LogP contribution is 2.21. The number of rotatable bonds is 6. The number of anilines is 1. The van der Waals surface area contributed by atoms with E-state index in [1.807, 2.05) is 0 Å². The maximum absolute atomic E-state index is 11.9. The summed E-state index contributed by atoms with van der Waals surface area (Å²) in [5.74, 6) is 4.97. The van der Waals surface area contributed by atoms with E-state index in [9.17, 15) is 8.42 Å². The molecule has 0 radical (unpaired) electrons. The van der Waals surface area contributed by atoms with Gasteiger partial charge >= 0.3 is 0 Å². The van der Waals surface area contributed by atoms with E-state index >= 15 is 0 Å². The van der Waals surface area contributed by atoms with Crippen molar-refractivity contribution in [1.29, 1.82) is 0 Å². The largest absolute Gasteiger partial charge is 0.384 e. The van der Waals surface area contributed by atoms with Crippen LogP contribution in [0.1, 0.15) is 12.5 Å². The van der Waals surface area contributed by atoms with Crippen molar-refractivity contribution in [3.05, 3.63) is 28.8 Å². The van der Waals surface area contributed by atoms with Gasteiger partial charge in [0, 0.05) is 11.6 Å². The lowest BCUT2D eigenvalue weighted by molar-refractivity contribution is 0.163. The molecule has 0 unspecified atom stereocenters. The minimum atomic E-state index is -3.52. The molecule has 1 aromatic rings. The first-order chi connectivity index (χ1) is 9.48. The first kappa shape index (κ1) is 16.8. The molecule has 1 aromatic carbocycles. The number of ether oxygens (including phenoxy) is 1. The lowest BCUT2D eigenvalue weighted by atomic mass is 10.2. The standard InChI is InChI=1S/C13H16ClNO4S/c1-2-19-8-9-20(17,18)15-13-6-5-12(14)10-11(13)4-3-7-16/h5-6,10,15-16H,2,7-9H2,1H3. The Hall–Kier alpha value is -1.26. The van der Waals surface area contributed by atoms with Crippen molar-refractivity contribution in [2.75, 3.05) is 30.3 Å². The van der Waals surface area contributed by atoms with Gasteiger partial charge in [0.15, 0.2) is 0 Å². The number of aliphatic hydroxyl groups is 1. The summed E-state index contributed by atoms with van der Waals surface area (Å²) in [7, 11) is -3.52. The SMILES string of the molecule is CCOCCS(=O)(=O)Nc1ccc(Cl)cc1C#CCO. The third-order valence-corrected chi connectivity index (χ3v) is 3.72. The molecule has 20 heavy (non-hydrogen) atoms. The molecule has 0 saturated carbocycles. The highest BCUT2D eigenvalue weighted by Gasteiger charge is 2.12. The zero-order chi connectivity index (χ0) is 15.0. The van der Waals surface area contributed by atoms with Gasteiger partial charge in [0.1, 0.15) is 6.61 Å². The number of nitrogens with one attached hydrogen (secondary N) is 1. The predicted molar refractivity (Wildman–Crippen MR) is 79.3 cm³/mol. The smallest absolute Gasteiger partial charge is 0.235 e. The minimum absolute atomic E-state index is 0.122. The summed E-state index contributed by atoms with van der Waals surface area (Å²) in [6.07, 6.45) is 0. The third kappa shape index (κ3) is 5.80. The van der Waals surface area contributed by atoms with Crippen LogP contribution < -0.4 is 4.72 Å². The van der Waals surface area contributed by atoms with Crippen LogP contribution in [0.4, 0.5) is 5.69 Å². The molecule has 0 heterocycles. The Morgan fingerprint density at radius 3 is 2.85 bits per heavy atom. The van der Waals surface area contributed by atoms with Crippen LogP contribution in [0, 0.1) is 11.8 Å². The second-order valence-electron chi connectivity index (χ2n) is 3.77. The third-order valence-electron chi connectivity index (χ3n) is 2.25. The van der Waals surface area contributed by atoms with Crippen molar-refractivity contribution in [3.63, 3.8) is 0 Å². The topological polar surface area (TPSA) is 75.6 Å². The fourth-order valence-corrected chi connectivity index (χ4v) is 2.50. The van der Waals surface area contributed by atoms with Crippen molar-refractivity contribution < 1.29 is 18.3 Å². The van der Waals surface area contributed by atoms with Gasteiger partial charge in [0.2, 0.25) is 10.0 Å². The zero-order valence-electron chi connectivity index (χ0n) is 11.0. The number of halogens is 1. The molecule has 2 N–H and O–H groups in total. The number of hydrogen-bond acceptors (Lipinski definition) is 4. The van der Waals surface area contributed by atoms with Gasteiger partial charge in [-0.15, -0.1) is 0 Å². The van der Waals surface area contributed by atoms with E-state index in [0.717, 1.165) is 0 Å². The fourth-order valence-electron chi connectivity index (χ4n) is 1.38. The molecule has 7 heteroatoms. The maximum Gasteiger partial charge on any atom is 0.235 e. The van der Waals surface area contributed by atoms with E-state index in [-0.39, 0.29) is 19.0 Å². The summed E-state index contributed by atoms with van der Waals surface area (Å²) < 4.78 is 31.2. The summed E-state index contributed by atoms with van der Waals surface area (Å²) in [5.41, 5.74) is 0.735. The molecular weight excluding hydrogens is 302 g/mol. The molecule has 110 valence electrons. The van der Waals surface area contributed by atoms with Crippen molar-refractivity contribution in [1.82, 2.24) is 0 Å². The lowest BCUT2D eigenvalue weighted by Crippen LogP contribution is -2.20. The fraction of sp³-hybridized carbons (Fsp3) is 0.385. The molecule has 0 amide bonds. The van der Waals surface area contributed by atoms with Gasteiger partial charge in [0.05, 0.1) is 23.6 Å². The van der Waals surface area contributed by atoms with E-state index in [2.05, 4.69) is 16.6 Å². The van der Waals surface area contributed by atoms with Crippen LogP contribution in [0.25, 0.3) is 0 Å². The van der Waals surface area contributed by atoms with Gasteiger partial charge in [-0.1, -0.05) is 23.4 Å². The zero-order valence-corrected chi connectivity index (χ0v) is 12.6. The summed E-state index contributed by atoms with van der Waals surface area (Å²) in [5, 5.41) is 9.14. The molecule has 0 bridgehead atoms. The van der Waals surface area contributed by atoms with E-state index in [1.165, 1.54) is 12.1 Å². The van der Waals surface area contributed by atoms with Gasteiger partial charge in [-0.25, -0.2) is 8.42 Å². The van der Waals surface area contributed by atoms with Gasteiger partial charge in [-0.05, 0) is 25.1 Å². The maximum atomic E-state index is 11.9. The molecule has 1 rings (SSSR count). The van der Waals surface area contributed by atoms with Crippen molar-refractivity contribution in [3.8, 4) is 11.8 Å². The molecule has 0 aromatic heterocycles. The average Bonchev–Trinajstić information content (AvgIpc) is 2.39. The van der Waals surface area contributed by atoms with E-state index in [0.29, 0.717) is 22.9 Å². The van der Waals surface area contributed by atoms with Crippen molar-refractivity contribution in [2.24, 2.45) is 0 Å². The first-order valence-corrected chi connectivity index (χ1v) is 7.99. The Morgan fingerprint density at radius 1 is 1.45 bits per heavy atom. The van der Waals surface area contributed by atoms with Crippen LogP contribution in [0.2, 0.25) is 5.02 Å². The van der Waals surface area contributed by atoms with Crippen LogP contribution in [0.3, 0.4) is 0 Å². The molecule has 0 aliphatic heterocycles. The summed E-state index contributed by atoms with van der Waals surface area (Å²) >= 11 is 5.84.